The first-order valence-corrected chi connectivity index (χ1v) is 5.17. The van der Waals surface area contributed by atoms with Crippen molar-refractivity contribution in [1.29, 1.82) is 0 Å². The molecule has 0 bridgehead atoms. The molecule has 86 valence electrons. The molecule has 0 radical (unpaired) electrons. The Hall–Kier alpha value is -1.25. The van der Waals surface area contributed by atoms with Gasteiger partial charge in [-0.3, -0.25) is 0 Å². The summed E-state index contributed by atoms with van der Waals surface area (Å²) >= 11 is 0. The van der Waals surface area contributed by atoms with E-state index in [0.717, 1.165) is 12.3 Å². The number of nitrogens with one attached hydrogen (secondary N) is 1. The third-order valence-electron chi connectivity index (χ3n) is 2.36. The van der Waals surface area contributed by atoms with Gasteiger partial charge in [0.25, 0.3) is 0 Å². The maximum absolute atomic E-state index is 5.70. The summed E-state index contributed by atoms with van der Waals surface area (Å²) < 4.78 is 5.70. The monoisotopic (exact) mass is 236 g/mol. The second-order valence-electron chi connectivity index (χ2n) is 3.43. The third-order valence-corrected chi connectivity index (χ3v) is 2.36. The molecule has 2 nitrogen and oxygen atoms in total. The Labute approximate surface area is 102 Å². The topological polar surface area (TPSA) is 21.3 Å². The van der Waals surface area contributed by atoms with Crippen LogP contribution in [0, 0.1) is 0 Å². The average Bonchev–Trinajstić information content (AvgIpc) is 2.30. The Kier molecular flexibility index (Phi) is 5.09. The van der Waals surface area contributed by atoms with Crippen molar-refractivity contribution in [2.24, 2.45) is 0 Å². The van der Waals surface area contributed by atoms with Crippen LogP contribution in [0.25, 0.3) is 10.8 Å². The van der Waals surface area contributed by atoms with Crippen LogP contribution in [0.3, 0.4) is 0 Å². The summed E-state index contributed by atoms with van der Waals surface area (Å²) in [5, 5.41) is 5.46. The average molecular weight is 237 g/mol. The number of hydrogen-bond acceptors (Lipinski definition) is 2. The summed E-state index contributed by atoms with van der Waals surface area (Å²) in [6, 6.07) is 14.4. The van der Waals surface area contributed by atoms with Crippen LogP contribution in [-0.4, -0.2) is 20.2 Å². The lowest BCUT2D eigenvalue weighted by Gasteiger charge is -2.08. The van der Waals surface area contributed by atoms with Gasteiger partial charge in [0, 0.05) is 11.9 Å². The van der Waals surface area contributed by atoms with Crippen molar-refractivity contribution in [3.8, 4) is 5.75 Å². The Balaban J connectivity index is 0.00000128. The van der Waals surface area contributed by atoms with Gasteiger partial charge in [0.05, 0.1) is 0 Å². The minimum absolute atomic E-state index is 0. The lowest BCUT2D eigenvalue weighted by atomic mass is 10.1. The van der Waals surface area contributed by atoms with E-state index in [9.17, 15) is 0 Å². The second kappa shape index (κ2) is 6.36. The SMILES string of the molecule is CNCCOc1cccc2ccccc12.[Cl-]. The van der Waals surface area contributed by atoms with Gasteiger partial charge >= 0.3 is 0 Å². The smallest absolute Gasteiger partial charge is 0.127 e. The first-order chi connectivity index (χ1) is 7.42. The van der Waals surface area contributed by atoms with Crippen LogP contribution in [0.2, 0.25) is 0 Å². The molecule has 0 saturated carbocycles. The Morgan fingerprint density at radius 2 is 1.81 bits per heavy atom. The van der Waals surface area contributed by atoms with Gasteiger partial charge in [-0.25, -0.2) is 0 Å². The number of halogens is 1. The quantitative estimate of drug-likeness (QED) is 0.719. The standard InChI is InChI=1S/C13H15NO.ClH/c1-14-9-10-15-13-8-4-6-11-5-2-3-7-12(11)13;/h2-8,14H,9-10H2,1H3;1H/p-1. The van der Waals surface area contributed by atoms with E-state index in [4.69, 9.17) is 4.74 Å². The summed E-state index contributed by atoms with van der Waals surface area (Å²) in [5.74, 6) is 0.961. The molecule has 1 N–H and O–H groups in total. The van der Waals surface area contributed by atoms with E-state index in [-0.39, 0.29) is 12.4 Å². The lowest BCUT2D eigenvalue weighted by molar-refractivity contribution is -0.00000344. The molecule has 0 atom stereocenters. The van der Waals surface area contributed by atoms with Gasteiger partial charge in [0.1, 0.15) is 12.4 Å². The molecule has 0 aliphatic carbocycles. The van der Waals surface area contributed by atoms with E-state index in [0.29, 0.717) is 6.61 Å². The molecule has 0 unspecified atom stereocenters. The van der Waals surface area contributed by atoms with Crippen molar-refractivity contribution >= 4 is 10.8 Å². The van der Waals surface area contributed by atoms with Gasteiger partial charge < -0.3 is 22.5 Å². The fourth-order valence-corrected chi connectivity index (χ4v) is 1.58. The maximum atomic E-state index is 5.70. The Morgan fingerprint density at radius 3 is 2.62 bits per heavy atom. The fourth-order valence-electron chi connectivity index (χ4n) is 1.58. The van der Waals surface area contributed by atoms with Crippen molar-refractivity contribution in [3.63, 3.8) is 0 Å². The van der Waals surface area contributed by atoms with E-state index in [1.807, 2.05) is 31.3 Å². The molecule has 3 heteroatoms. The molecule has 0 spiro atoms. The summed E-state index contributed by atoms with van der Waals surface area (Å²) in [7, 11) is 1.92. The van der Waals surface area contributed by atoms with Gasteiger partial charge in [-0.2, -0.15) is 0 Å². The highest BCUT2D eigenvalue weighted by Crippen LogP contribution is 2.24. The molecular formula is C13H15ClNO-. The molecule has 0 aromatic heterocycles. The first-order valence-electron chi connectivity index (χ1n) is 5.17. The van der Waals surface area contributed by atoms with Crippen LogP contribution in [0.4, 0.5) is 0 Å². The van der Waals surface area contributed by atoms with E-state index in [2.05, 4.69) is 23.5 Å². The minimum atomic E-state index is 0. The normalized spacial score (nSPS) is 9.81. The van der Waals surface area contributed by atoms with Crippen LogP contribution >= 0.6 is 0 Å². The van der Waals surface area contributed by atoms with Crippen LogP contribution in [0.5, 0.6) is 5.75 Å². The Bertz CT molecular complexity index is 439. The van der Waals surface area contributed by atoms with Gasteiger partial charge in [-0.05, 0) is 18.5 Å². The molecule has 0 aliphatic heterocycles. The van der Waals surface area contributed by atoms with E-state index in [1.165, 1.54) is 10.8 Å². The van der Waals surface area contributed by atoms with Crippen molar-refractivity contribution in [2.75, 3.05) is 20.2 Å². The number of benzene rings is 2. The molecular weight excluding hydrogens is 222 g/mol. The van der Waals surface area contributed by atoms with Crippen molar-refractivity contribution in [1.82, 2.24) is 5.32 Å². The fraction of sp³-hybridized carbons (Fsp3) is 0.231. The number of hydrogen-bond donors (Lipinski definition) is 1. The Morgan fingerprint density at radius 1 is 1.06 bits per heavy atom. The molecule has 0 aliphatic rings. The van der Waals surface area contributed by atoms with Crippen LogP contribution in [0.1, 0.15) is 0 Å². The summed E-state index contributed by atoms with van der Waals surface area (Å²) in [6.45, 7) is 1.56. The lowest BCUT2D eigenvalue weighted by Crippen LogP contribution is -3.00. The number of fused-ring (bicyclic) bond motifs is 1. The highest BCUT2D eigenvalue weighted by Gasteiger charge is 1.99. The molecule has 0 saturated heterocycles. The van der Waals surface area contributed by atoms with E-state index < -0.39 is 0 Å². The zero-order valence-corrected chi connectivity index (χ0v) is 10.00. The highest BCUT2D eigenvalue weighted by atomic mass is 35.5. The predicted octanol–water partition coefficient (Wildman–Crippen LogP) is -0.558. The number of likely N-dealkylation sites (N-methyl/N-ethyl adjacent to an activating group) is 1. The van der Waals surface area contributed by atoms with Crippen LogP contribution < -0.4 is 22.5 Å². The van der Waals surface area contributed by atoms with Crippen LogP contribution in [-0.2, 0) is 0 Å². The number of rotatable bonds is 4. The zero-order chi connectivity index (χ0) is 10.5. The summed E-state index contributed by atoms with van der Waals surface area (Å²) in [5.41, 5.74) is 0. The van der Waals surface area contributed by atoms with Gasteiger partial charge in [-0.15, -0.1) is 0 Å². The van der Waals surface area contributed by atoms with Gasteiger partial charge in [0.2, 0.25) is 0 Å². The van der Waals surface area contributed by atoms with E-state index in [1.54, 1.807) is 0 Å². The molecule has 2 aromatic carbocycles. The molecule has 0 amide bonds. The van der Waals surface area contributed by atoms with Crippen molar-refractivity contribution in [2.45, 2.75) is 0 Å². The van der Waals surface area contributed by atoms with Gasteiger partial charge in [0.15, 0.2) is 0 Å². The maximum Gasteiger partial charge on any atom is 0.127 e. The van der Waals surface area contributed by atoms with E-state index >= 15 is 0 Å². The molecule has 0 heterocycles. The molecule has 0 fully saturated rings. The van der Waals surface area contributed by atoms with Crippen molar-refractivity contribution in [3.05, 3.63) is 42.5 Å². The van der Waals surface area contributed by atoms with Gasteiger partial charge in [-0.1, -0.05) is 36.4 Å². The predicted molar refractivity (Wildman–Crippen MR) is 63.4 cm³/mol. The molecule has 2 aromatic rings. The summed E-state index contributed by atoms with van der Waals surface area (Å²) in [4.78, 5) is 0. The van der Waals surface area contributed by atoms with Crippen LogP contribution in [0.15, 0.2) is 42.5 Å². The largest absolute Gasteiger partial charge is 1.00 e. The minimum Gasteiger partial charge on any atom is -1.00 e. The molecule has 16 heavy (non-hydrogen) atoms. The van der Waals surface area contributed by atoms with Crippen molar-refractivity contribution < 1.29 is 17.1 Å². The third kappa shape index (κ3) is 2.87. The molecule has 2 rings (SSSR count). The second-order valence-corrected chi connectivity index (χ2v) is 3.43. The first kappa shape index (κ1) is 12.8. The number of ether oxygens (including phenoxy) is 1. The summed E-state index contributed by atoms with van der Waals surface area (Å²) in [6.07, 6.45) is 0. The highest BCUT2D eigenvalue weighted by molar-refractivity contribution is 5.88. The zero-order valence-electron chi connectivity index (χ0n) is 9.24.